The van der Waals surface area contributed by atoms with Crippen molar-refractivity contribution in [2.75, 3.05) is 11.1 Å². The second-order valence-corrected chi connectivity index (χ2v) is 5.10. The van der Waals surface area contributed by atoms with E-state index in [1.54, 1.807) is 18.2 Å². The molecule has 0 saturated heterocycles. The fourth-order valence-corrected chi connectivity index (χ4v) is 2.20. The van der Waals surface area contributed by atoms with Crippen LogP contribution in [0.1, 0.15) is 10.4 Å². The van der Waals surface area contributed by atoms with Crippen LogP contribution < -0.4 is 11.1 Å². The quantitative estimate of drug-likeness (QED) is 0.807. The molecule has 19 heavy (non-hydrogen) atoms. The molecule has 0 bridgehead atoms. The van der Waals surface area contributed by atoms with E-state index in [2.05, 4.69) is 21.2 Å². The van der Waals surface area contributed by atoms with Crippen molar-refractivity contribution in [2.45, 2.75) is 0 Å². The Bertz CT molecular complexity index is 649. The number of hydrogen-bond acceptors (Lipinski definition) is 2. The lowest BCUT2D eigenvalue weighted by molar-refractivity contribution is 0.102. The average Bonchev–Trinajstić information content (AvgIpc) is 2.33. The fraction of sp³-hybridized carbons (Fsp3) is 0. The molecule has 98 valence electrons. The van der Waals surface area contributed by atoms with Crippen LogP contribution >= 0.6 is 27.5 Å². The molecule has 1 amide bonds. The zero-order valence-electron chi connectivity index (χ0n) is 9.58. The number of hydrogen-bond donors (Lipinski definition) is 2. The molecule has 2 aromatic rings. The van der Waals surface area contributed by atoms with Gasteiger partial charge in [0.15, 0.2) is 0 Å². The first-order chi connectivity index (χ1) is 8.97. The normalized spacial score (nSPS) is 10.3. The molecule has 0 heterocycles. The van der Waals surface area contributed by atoms with Gasteiger partial charge in [0.1, 0.15) is 5.82 Å². The summed E-state index contributed by atoms with van der Waals surface area (Å²) in [4.78, 5) is 12.0. The third-order valence-electron chi connectivity index (χ3n) is 2.44. The molecule has 2 rings (SSSR count). The Balaban J connectivity index is 2.28. The van der Waals surface area contributed by atoms with E-state index in [0.717, 1.165) is 0 Å². The molecule has 0 aliphatic rings. The van der Waals surface area contributed by atoms with Gasteiger partial charge in [-0.1, -0.05) is 11.6 Å². The maximum atomic E-state index is 13.0. The maximum absolute atomic E-state index is 13.0. The summed E-state index contributed by atoms with van der Waals surface area (Å²) in [6.45, 7) is 0. The van der Waals surface area contributed by atoms with E-state index < -0.39 is 11.7 Å². The molecule has 0 spiro atoms. The molecule has 0 unspecified atom stereocenters. The molecule has 0 saturated carbocycles. The highest BCUT2D eigenvalue weighted by atomic mass is 79.9. The van der Waals surface area contributed by atoms with Gasteiger partial charge in [-0.3, -0.25) is 4.79 Å². The molecular weight excluding hydrogens is 335 g/mol. The minimum atomic E-state index is -0.425. The molecule has 0 aliphatic heterocycles. The van der Waals surface area contributed by atoms with E-state index in [-0.39, 0.29) is 0 Å². The van der Waals surface area contributed by atoms with Gasteiger partial charge in [-0.05, 0) is 52.3 Å². The SMILES string of the molecule is Nc1ccc(Cl)cc1NC(=O)c1ccc(F)cc1Br. The van der Waals surface area contributed by atoms with E-state index in [1.807, 2.05) is 0 Å². The summed E-state index contributed by atoms with van der Waals surface area (Å²) in [5.41, 5.74) is 6.85. The number of rotatable bonds is 2. The number of amides is 1. The van der Waals surface area contributed by atoms with E-state index in [9.17, 15) is 9.18 Å². The fourth-order valence-electron chi connectivity index (χ4n) is 1.50. The predicted molar refractivity (Wildman–Crippen MR) is 77.9 cm³/mol. The summed E-state index contributed by atoms with van der Waals surface area (Å²) in [5, 5.41) is 3.09. The van der Waals surface area contributed by atoms with Crippen LogP contribution in [0.15, 0.2) is 40.9 Å². The number of halogens is 3. The van der Waals surface area contributed by atoms with E-state index in [0.29, 0.717) is 26.4 Å². The van der Waals surface area contributed by atoms with Crippen molar-refractivity contribution in [3.05, 3.63) is 57.3 Å². The largest absolute Gasteiger partial charge is 0.397 e. The first-order valence-electron chi connectivity index (χ1n) is 5.29. The Kier molecular flexibility index (Phi) is 4.07. The summed E-state index contributed by atoms with van der Waals surface area (Å²) in [6.07, 6.45) is 0. The molecule has 0 atom stereocenters. The third-order valence-corrected chi connectivity index (χ3v) is 3.33. The monoisotopic (exact) mass is 342 g/mol. The molecule has 6 heteroatoms. The molecule has 0 radical (unpaired) electrons. The molecule has 0 fully saturated rings. The smallest absolute Gasteiger partial charge is 0.256 e. The highest BCUT2D eigenvalue weighted by Crippen LogP contribution is 2.25. The molecule has 2 aromatic carbocycles. The van der Waals surface area contributed by atoms with Crippen molar-refractivity contribution in [2.24, 2.45) is 0 Å². The number of nitrogen functional groups attached to an aromatic ring is 1. The molecule has 3 nitrogen and oxygen atoms in total. The highest BCUT2D eigenvalue weighted by molar-refractivity contribution is 9.10. The number of carbonyl (C=O) groups is 1. The van der Waals surface area contributed by atoms with Crippen molar-refractivity contribution < 1.29 is 9.18 Å². The topological polar surface area (TPSA) is 55.1 Å². The van der Waals surface area contributed by atoms with Gasteiger partial charge in [0.2, 0.25) is 0 Å². The standard InChI is InChI=1S/C13H9BrClFN2O/c14-10-6-8(16)2-3-9(10)13(19)18-12-5-7(15)1-4-11(12)17/h1-6H,17H2,(H,18,19). The van der Waals surface area contributed by atoms with E-state index >= 15 is 0 Å². The molecule has 0 aromatic heterocycles. The minimum Gasteiger partial charge on any atom is -0.397 e. The Morgan fingerprint density at radius 3 is 2.68 bits per heavy atom. The summed E-state index contributed by atoms with van der Waals surface area (Å²) in [6, 6.07) is 8.58. The number of nitrogens with two attached hydrogens (primary N) is 1. The van der Waals surface area contributed by atoms with Crippen LogP contribution in [0.4, 0.5) is 15.8 Å². The Labute approximate surface area is 122 Å². The van der Waals surface area contributed by atoms with Crippen LogP contribution in [0.25, 0.3) is 0 Å². The second kappa shape index (κ2) is 5.59. The van der Waals surface area contributed by atoms with Gasteiger partial charge in [-0.15, -0.1) is 0 Å². The summed E-state index contributed by atoms with van der Waals surface area (Å²) in [7, 11) is 0. The van der Waals surface area contributed by atoms with Crippen molar-refractivity contribution in [1.82, 2.24) is 0 Å². The molecule has 0 aliphatic carbocycles. The van der Waals surface area contributed by atoms with Crippen molar-refractivity contribution >= 4 is 44.8 Å². The lowest BCUT2D eigenvalue weighted by Gasteiger charge is -2.09. The molecular formula is C13H9BrClFN2O. The van der Waals surface area contributed by atoms with Crippen LogP contribution in [0.5, 0.6) is 0 Å². The first-order valence-corrected chi connectivity index (χ1v) is 6.46. The second-order valence-electron chi connectivity index (χ2n) is 3.81. The molecule has 3 N–H and O–H groups in total. The lowest BCUT2D eigenvalue weighted by atomic mass is 10.2. The van der Waals surface area contributed by atoms with Gasteiger partial charge in [0.25, 0.3) is 5.91 Å². The summed E-state index contributed by atoms with van der Waals surface area (Å²) in [5.74, 6) is -0.827. The predicted octanol–water partition coefficient (Wildman–Crippen LogP) is 4.08. The van der Waals surface area contributed by atoms with Crippen LogP contribution in [0.3, 0.4) is 0 Å². The van der Waals surface area contributed by atoms with Crippen molar-refractivity contribution in [3.8, 4) is 0 Å². The summed E-state index contributed by atoms with van der Waals surface area (Å²) < 4.78 is 13.3. The van der Waals surface area contributed by atoms with Crippen LogP contribution in [-0.2, 0) is 0 Å². The third kappa shape index (κ3) is 3.24. The van der Waals surface area contributed by atoms with Gasteiger partial charge >= 0.3 is 0 Å². The van der Waals surface area contributed by atoms with Crippen LogP contribution in [-0.4, -0.2) is 5.91 Å². The van der Waals surface area contributed by atoms with Crippen molar-refractivity contribution in [3.63, 3.8) is 0 Å². The van der Waals surface area contributed by atoms with Crippen molar-refractivity contribution in [1.29, 1.82) is 0 Å². The lowest BCUT2D eigenvalue weighted by Crippen LogP contribution is -2.14. The summed E-state index contributed by atoms with van der Waals surface area (Å²) >= 11 is 8.97. The van der Waals surface area contributed by atoms with Gasteiger partial charge in [0.05, 0.1) is 16.9 Å². The zero-order valence-corrected chi connectivity index (χ0v) is 11.9. The number of anilines is 2. The van der Waals surface area contributed by atoms with Crippen LogP contribution in [0, 0.1) is 5.82 Å². The van der Waals surface area contributed by atoms with Crippen LogP contribution in [0.2, 0.25) is 5.02 Å². The highest BCUT2D eigenvalue weighted by Gasteiger charge is 2.12. The maximum Gasteiger partial charge on any atom is 0.256 e. The van der Waals surface area contributed by atoms with Gasteiger partial charge in [-0.25, -0.2) is 4.39 Å². The Morgan fingerprint density at radius 1 is 1.26 bits per heavy atom. The number of benzene rings is 2. The van der Waals surface area contributed by atoms with E-state index in [4.69, 9.17) is 17.3 Å². The van der Waals surface area contributed by atoms with Gasteiger partial charge in [-0.2, -0.15) is 0 Å². The zero-order chi connectivity index (χ0) is 14.0. The first kappa shape index (κ1) is 13.8. The minimum absolute atomic E-state index is 0.306. The van der Waals surface area contributed by atoms with Gasteiger partial charge < -0.3 is 11.1 Å². The Hall–Kier alpha value is -1.59. The number of carbonyl (C=O) groups excluding carboxylic acids is 1. The Morgan fingerprint density at radius 2 is 2.00 bits per heavy atom. The average molecular weight is 344 g/mol. The van der Waals surface area contributed by atoms with E-state index in [1.165, 1.54) is 18.2 Å². The number of nitrogens with one attached hydrogen (secondary N) is 1. The van der Waals surface area contributed by atoms with Gasteiger partial charge in [0, 0.05) is 9.50 Å².